The van der Waals surface area contributed by atoms with E-state index in [9.17, 15) is 0 Å². The van der Waals surface area contributed by atoms with Gasteiger partial charge < -0.3 is 4.90 Å². The zero-order valence-corrected chi connectivity index (χ0v) is 10.7. The predicted molar refractivity (Wildman–Crippen MR) is 64.3 cm³/mol. The summed E-state index contributed by atoms with van der Waals surface area (Å²) in [7, 11) is 0. The molecular formula is C8H9BrIN3. The SMILES string of the molecule is BrC1CCN(c2ncncc2I)C1. The van der Waals surface area contributed by atoms with Crippen LogP contribution in [0, 0.1) is 3.57 Å². The molecule has 1 aromatic heterocycles. The highest BCUT2D eigenvalue weighted by Gasteiger charge is 2.22. The number of aromatic nitrogens is 2. The van der Waals surface area contributed by atoms with Gasteiger partial charge >= 0.3 is 0 Å². The minimum atomic E-state index is 0.610. The molecule has 1 aliphatic rings. The maximum Gasteiger partial charge on any atom is 0.145 e. The van der Waals surface area contributed by atoms with Gasteiger partial charge in [-0.05, 0) is 29.0 Å². The Morgan fingerprint density at radius 2 is 2.46 bits per heavy atom. The summed E-state index contributed by atoms with van der Waals surface area (Å²) >= 11 is 5.89. The molecule has 0 radical (unpaired) electrons. The lowest BCUT2D eigenvalue weighted by atomic mass is 10.4. The zero-order chi connectivity index (χ0) is 9.26. The first kappa shape index (κ1) is 9.64. The number of nitrogens with zero attached hydrogens (tertiary/aromatic N) is 3. The van der Waals surface area contributed by atoms with E-state index in [0.717, 1.165) is 22.5 Å². The Balaban J connectivity index is 2.21. The van der Waals surface area contributed by atoms with Crippen LogP contribution in [0.15, 0.2) is 12.5 Å². The molecule has 1 aliphatic heterocycles. The Morgan fingerprint density at radius 1 is 1.62 bits per heavy atom. The van der Waals surface area contributed by atoms with E-state index in [2.05, 4.69) is 53.4 Å². The van der Waals surface area contributed by atoms with E-state index in [1.165, 1.54) is 6.42 Å². The molecule has 1 saturated heterocycles. The Morgan fingerprint density at radius 3 is 3.08 bits per heavy atom. The highest BCUT2D eigenvalue weighted by atomic mass is 127. The lowest BCUT2D eigenvalue weighted by Crippen LogP contribution is -2.21. The first-order valence-corrected chi connectivity index (χ1v) is 6.11. The summed E-state index contributed by atoms with van der Waals surface area (Å²) in [4.78, 5) is 11.2. The molecule has 5 heteroatoms. The second-order valence-electron chi connectivity index (χ2n) is 3.03. The largest absolute Gasteiger partial charge is 0.354 e. The molecule has 2 heterocycles. The van der Waals surface area contributed by atoms with Crippen LogP contribution in [0.3, 0.4) is 0 Å². The number of hydrogen-bond acceptors (Lipinski definition) is 3. The topological polar surface area (TPSA) is 29.0 Å². The molecule has 1 atom stereocenters. The minimum absolute atomic E-state index is 0.610. The van der Waals surface area contributed by atoms with Crippen LogP contribution < -0.4 is 4.90 Å². The van der Waals surface area contributed by atoms with Crippen LogP contribution in [0.1, 0.15) is 6.42 Å². The van der Waals surface area contributed by atoms with Gasteiger partial charge in [-0.15, -0.1) is 0 Å². The van der Waals surface area contributed by atoms with Gasteiger partial charge in [0.25, 0.3) is 0 Å². The van der Waals surface area contributed by atoms with Crippen LogP contribution >= 0.6 is 38.5 Å². The molecule has 1 fully saturated rings. The molecular weight excluding hydrogens is 345 g/mol. The molecule has 70 valence electrons. The summed E-state index contributed by atoms with van der Waals surface area (Å²) in [6.45, 7) is 2.13. The quantitative estimate of drug-likeness (QED) is 0.571. The molecule has 2 rings (SSSR count). The number of hydrogen-bond donors (Lipinski definition) is 0. The Labute approximate surface area is 99.2 Å². The zero-order valence-electron chi connectivity index (χ0n) is 6.95. The van der Waals surface area contributed by atoms with Crippen molar-refractivity contribution in [2.24, 2.45) is 0 Å². The van der Waals surface area contributed by atoms with Crippen molar-refractivity contribution in [3.8, 4) is 0 Å². The maximum absolute atomic E-state index is 4.28. The van der Waals surface area contributed by atoms with Gasteiger partial charge in [-0.3, -0.25) is 0 Å². The van der Waals surface area contributed by atoms with Crippen molar-refractivity contribution >= 4 is 44.3 Å². The molecule has 0 spiro atoms. The summed E-state index contributed by atoms with van der Waals surface area (Å²) in [5.41, 5.74) is 0. The monoisotopic (exact) mass is 353 g/mol. The van der Waals surface area contributed by atoms with E-state index in [4.69, 9.17) is 0 Å². The van der Waals surface area contributed by atoms with Crippen molar-refractivity contribution in [3.05, 3.63) is 16.1 Å². The molecule has 13 heavy (non-hydrogen) atoms. The molecule has 0 amide bonds. The van der Waals surface area contributed by atoms with Gasteiger partial charge in [0, 0.05) is 24.1 Å². The summed E-state index contributed by atoms with van der Waals surface area (Å²) in [5.74, 6) is 1.07. The fraction of sp³-hybridized carbons (Fsp3) is 0.500. The molecule has 3 nitrogen and oxygen atoms in total. The van der Waals surface area contributed by atoms with Crippen LogP contribution in [0.25, 0.3) is 0 Å². The van der Waals surface area contributed by atoms with Gasteiger partial charge in [-0.25, -0.2) is 9.97 Å². The van der Waals surface area contributed by atoms with Gasteiger partial charge in [-0.2, -0.15) is 0 Å². The standard InChI is InChI=1S/C8H9BrIN3/c9-6-1-2-13(4-6)8-7(10)3-11-5-12-8/h3,5-6H,1-2,4H2. The third kappa shape index (κ3) is 2.12. The fourth-order valence-corrected chi connectivity index (χ4v) is 2.64. The summed E-state index contributed by atoms with van der Waals surface area (Å²) < 4.78 is 1.13. The lowest BCUT2D eigenvalue weighted by Gasteiger charge is -2.17. The van der Waals surface area contributed by atoms with Crippen molar-refractivity contribution in [1.29, 1.82) is 0 Å². The van der Waals surface area contributed by atoms with E-state index in [1.54, 1.807) is 6.33 Å². The highest BCUT2D eigenvalue weighted by Crippen LogP contribution is 2.25. The average Bonchev–Trinajstić information content (AvgIpc) is 2.53. The first-order valence-electron chi connectivity index (χ1n) is 4.12. The molecule has 0 aromatic carbocycles. The number of rotatable bonds is 1. The normalized spacial score (nSPS) is 22.3. The van der Waals surface area contributed by atoms with Crippen molar-refractivity contribution in [1.82, 2.24) is 9.97 Å². The summed E-state index contributed by atoms with van der Waals surface area (Å²) in [5, 5.41) is 0. The van der Waals surface area contributed by atoms with E-state index >= 15 is 0 Å². The number of alkyl halides is 1. The Bertz CT molecular complexity index is 307. The number of anilines is 1. The minimum Gasteiger partial charge on any atom is -0.354 e. The average molecular weight is 354 g/mol. The van der Waals surface area contributed by atoms with Crippen molar-refractivity contribution in [3.63, 3.8) is 0 Å². The third-order valence-corrected chi connectivity index (χ3v) is 3.59. The molecule has 0 saturated carbocycles. The second-order valence-corrected chi connectivity index (χ2v) is 5.48. The van der Waals surface area contributed by atoms with Gasteiger partial charge in [0.2, 0.25) is 0 Å². The van der Waals surface area contributed by atoms with Crippen LogP contribution in [-0.2, 0) is 0 Å². The first-order chi connectivity index (χ1) is 6.27. The van der Waals surface area contributed by atoms with E-state index in [0.29, 0.717) is 4.83 Å². The molecule has 1 unspecified atom stereocenters. The molecule has 0 aliphatic carbocycles. The smallest absolute Gasteiger partial charge is 0.145 e. The Hall–Kier alpha value is 0.0900. The molecule has 1 aromatic rings. The predicted octanol–water partition coefficient (Wildman–Crippen LogP) is 2.05. The van der Waals surface area contributed by atoms with E-state index < -0.39 is 0 Å². The third-order valence-electron chi connectivity index (χ3n) is 2.08. The van der Waals surface area contributed by atoms with E-state index in [-0.39, 0.29) is 0 Å². The van der Waals surface area contributed by atoms with Crippen molar-refractivity contribution < 1.29 is 0 Å². The van der Waals surface area contributed by atoms with Gasteiger partial charge in [-0.1, -0.05) is 15.9 Å². The van der Waals surface area contributed by atoms with Gasteiger partial charge in [0.05, 0.1) is 3.57 Å². The van der Waals surface area contributed by atoms with Crippen LogP contribution in [0.4, 0.5) is 5.82 Å². The van der Waals surface area contributed by atoms with Crippen LogP contribution in [0.2, 0.25) is 0 Å². The lowest BCUT2D eigenvalue weighted by molar-refractivity contribution is 0.921. The van der Waals surface area contributed by atoms with Crippen molar-refractivity contribution in [2.45, 2.75) is 11.2 Å². The van der Waals surface area contributed by atoms with Gasteiger partial charge in [0.15, 0.2) is 0 Å². The molecule has 0 bridgehead atoms. The maximum atomic E-state index is 4.28. The second kappa shape index (κ2) is 4.08. The van der Waals surface area contributed by atoms with Gasteiger partial charge in [0.1, 0.15) is 12.1 Å². The fourth-order valence-electron chi connectivity index (χ4n) is 1.45. The van der Waals surface area contributed by atoms with E-state index in [1.807, 2.05) is 6.20 Å². The summed E-state index contributed by atoms with van der Waals surface area (Å²) in [6, 6.07) is 0. The summed E-state index contributed by atoms with van der Waals surface area (Å²) in [6.07, 6.45) is 4.66. The van der Waals surface area contributed by atoms with Crippen molar-refractivity contribution in [2.75, 3.05) is 18.0 Å². The van der Waals surface area contributed by atoms with Crippen LogP contribution in [0.5, 0.6) is 0 Å². The van der Waals surface area contributed by atoms with Crippen LogP contribution in [-0.4, -0.2) is 27.9 Å². The Kier molecular flexibility index (Phi) is 3.02. The number of halogens is 2. The molecule has 0 N–H and O–H groups in total. The highest BCUT2D eigenvalue weighted by molar-refractivity contribution is 14.1.